The Bertz CT molecular complexity index is 1140. The maximum Gasteiger partial charge on any atom is 0.336 e. The summed E-state index contributed by atoms with van der Waals surface area (Å²) in [7, 11) is 0. The highest BCUT2D eigenvalue weighted by Crippen LogP contribution is 2.28. The van der Waals surface area contributed by atoms with Crippen molar-refractivity contribution in [2.24, 2.45) is 0 Å². The van der Waals surface area contributed by atoms with E-state index in [2.05, 4.69) is 9.97 Å². The fraction of sp³-hybridized carbons (Fsp3) is 0. The van der Waals surface area contributed by atoms with Crippen LogP contribution >= 0.6 is 23.2 Å². The van der Waals surface area contributed by atoms with Crippen LogP contribution in [0.25, 0.3) is 22.0 Å². The van der Waals surface area contributed by atoms with Crippen molar-refractivity contribution < 1.29 is 9.15 Å². The van der Waals surface area contributed by atoms with Gasteiger partial charge < -0.3 is 9.15 Å². The zero-order valence-corrected chi connectivity index (χ0v) is 13.5. The smallest absolute Gasteiger partial charge is 0.336 e. The van der Waals surface area contributed by atoms with Crippen LogP contribution in [0.15, 0.2) is 57.9 Å². The molecule has 0 unspecified atom stereocenters. The molecule has 0 saturated carbocycles. The van der Waals surface area contributed by atoms with E-state index in [1.165, 1.54) is 12.3 Å². The van der Waals surface area contributed by atoms with E-state index in [4.69, 9.17) is 32.4 Å². The number of fused-ring (bicyclic) bond motifs is 2. The lowest BCUT2D eigenvalue weighted by Crippen LogP contribution is -1.95. The fourth-order valence-electron chi connectivity index (χ4n) is 2.27. The number of halogens is 2. The van der Waals surface area contributed by atoms with E-state index in [9.17, 15) is 4.79 Å². The monoisotopic (exact) mass is 358 g/mol. The molecule has 5 nitrogen and oxygen atoms in total. The molecule has 0 amide bonds. The van der Waals surface area contributed by atoms with E-state index in [0.29, 0.717) is 38.3 Å². The third-order valence-electron chi connectivity index (χ3n) is 3.38. The molecule has 0 saturated heterocycles. The Morgan fingerprint density at radius 1 is 0.958 bits per heavy atom. The Labute approximate surface area is 145 Å². The first-order chi connectivity index (χ1) is 11.6. The van der Waals surface area contributed by atoms with Crippen molar-refractivity contribution in [3.8, 4) is 11.6 Å². The average Bonchev–Trinajstić information content (AvgIpc) is 2.56. The molecule has 0 bridgehead atoms. The zero-order chi connectivity index (χ0) is 16.7. The van der Waals surface area contributed by atoms with E-state index in [0.717, 1.165) is 5.39 Å². The van der Waals surface area contributed by atoms with Crippen LogP contribution in [-0.4, -0.2) is 9.97 Å². The lowest BCUT2D eigenvalue weighted by Gasteiger charge is -2.06. The molecule has 7 heteroatoms. The maximum atomic E-state index is 11.3. The van der Waals surface area contributed by atoms with Crippen LogP contribution < -0.4 is 10.4 Å². The minimum Gasteiger partial charge on any atom is -0.437 e. The Morgan fingerprint density at radius 2 is 1.71 bits per heavy atom. The Kier molecular flexibility index (Phi) is 3.59. The van der Waals surface area contributed by atoms with Crippen molar-refractivity contribution in [1.29, 1.82) is 0 Å². The lowest BCUT2D eigenvalue weighted by molar-refractivity contribution is 0.461. The van der Waals surface area contributed by atoms with Crippen LogP contribution in [-0.2, 0) is 0 Å². The molecular formula is C17H8Cl2N2O3. The topological polar surface area (TPSA) is 65.2 Å². The van der Waals surface area contributed by atoms with Gasteiger partial charge in [-0.2, -0.15) is 0 Å². The molecule has 4 rings (SSSR count). The van der Waals surface area contributed by atoms with E-state index in [1.54, 1.807) is 36.4 Å². The predicted octanol–water partition coefficient (Wildman–Crippen LogP) is 4.84. The largest absolute Gasteiger partial charge is 0.437 e. The van der Waals surface area contributed by atoms with Gasteiger partial charge in [0.15, 0.2) is 0 Å². The van der Waals surface area contributed by atoms with Crippen LogP contribution in [0, 0.1) is 0 Å². The van der Waals surface area contributed by atoms with Crippen LogP contribution in [0.2, 0.25) is 10.0 Å². The molecule has 4 aromatic rings. The van der Waals surface area contributed by atoms with Crippen molar-refractivity contribution in [2.45, 2.75) is 0 Å². The number of ether oxygens (including phenoxy) is 1. The highest BCUT2D eigenvalue weighted by atomic mass is 35.5. The quantitative estimate of drug-likeness (QED) is 0.480. The maximum absolute atomic E-state index is 11.3. The van der Waals surface area contributed by atoms with E-state index < -0.39 is 5.63 Å². The van der Waals surface area contributed by atoms with Gasteiger partial charge in [0, 0.05) is 17.5 Å². The second-order valence-corrected chi connectivity index (χ2v) is 5.83. The van der Waals surface area contributed by atoms with Crippen LogP contribution in [0.1, 0.15) is 0 Å². The van der Waals surface area contributed by atoms with Gasteiger partial charge in [0.05, 0.1) is 27.3 Å². The van der Waals surface area contributed by atoms with Crippen molar-refractivity contribution in [1.82, 2.24) is 9.97 Å². The summed E-state index contributed by atoms with van der Waals surface area (Å²) in [5, 5.41) is 1.60. The second-order valence-electron chi connectivity index (χ2n) is 5.02. The number of rotatable bonds is 2. The van der Waals surface area contributed by atoms with Gasteiger partial charge in [-0.3, -0.25) is 0 Å². The summed E-state index contributed by atoms with van der Waals surface area (Å²) in [6, 6.07) is 11.5. The molecule has 0 N–H and O–H groups in total. The number of hydrogen-bond donors (Lipinski definition) is 0. The SMILES string of the molecule is O=c1ccc2ccc(Oc3cnc4cc(Cl)c(Cl)cc4n3)cc2o1. The first kappa shape index (κ1) is 14.9. The summed E-state index contributed by atoms with van der Waals surface area (Å²) in [6.07, 6.45) is 1.48. The highest BCUT2D eigenvalue weighted by molar-refractivity contribution is 6.42. The van der Waals surface area contributed by atoms with Crippen molar-refractivity contribution in [3.63, 3.8) is 0 Å². The summed E-state index contributed by atoms with van der Waals surface area (Å²) >= 11 is 12.0. The number of aromatic nitrogens is 2. The average molecular weight is 359 g/mol. The minimum absolute atomic E-state index is 0.290. The fourth-order valence-corrected chi connectivity index (χ4v) is 2.58. The molecule has 0 aliphatic carbocycles. The van der Waals surface area contributed by atoms with Crippen LogP contribution in [0.3, 0.4) is 0 Å². The van der Waals surface area contributed by atoms with Crippen molar-refractivity contribution in [3.05, 3.63) is 69.1 Å². The molecule has 2 aromatic carbocycles. The molecule has 0 aliphatic heterocycles. The third kappa shape index (κ3) is 2.79. The summed E-state index contributed by atoms with van der Waals surface area (Å²) in [5.74, 6) is 0.768. The van der Waals surface area contributed by atoms with Gasteiger partial charge in [-0.15, -0.1) is 0 Å². The second kappa shape index (κ2) is 5.78. The minimum atomic E-state index is -0.420. The van der Waals surface area contributed by atoms with Gasteiger partial charge >= 0.3 is 5.63 Å². The van der Waals surface area contributed by atoms with Gasteiger partial charge in [-0.1, -0.05) is 23.2 Å². The van der Waals surface area contributed by atoms with Crippen molar-refractivity contribution >= 4 is 45.2 Å². The molecule has 0 radical (unpaired) electrons. The molecule has 0 spiro atoms. The number of benzene rings is 2. The normalized spacial score (nSPS) is 11.1. The van der Waals surface area contributed by atoms with Crippen LogP contribution in [0.5, 0.6) is 11.6 Å². The predicted molar refractivity (Wildman–Crippen MR) is 92.1 cm³/mol. The number of hydrogen-bond acceptors (Lipinski definition) is 5. The van der Waals surface area contributed by atoms with Gasteiger partial charge in [-0.05, 0) is 30.3 Å². The molecule has 0 fully saturated rings. The standard InChI is InChI=1S/C17H8Cl2N2O3/c18-11-6-13-14(7-12(11)19)21-16(8-20-13)23-10-3-1-9-2-4-17(22)24-15(9)5-10/h1-8H. The van der Waals surface area contributed by atoms with Gasteiger partial charge in [-0.25, -0.2) is 14.8 Å². The summed E-state index contributed by atoms with van der Waals surface area (Å²) in [5.41, 5.74) is 1.19. The Balaban J connectivity index is 1.73. The molecule has 118 valence electrons. The molecule has 0 atom stereocenters. The van der Waals surface area contributed by atoms with Crippen molar-refractivity contribution in [2.75, 3.05) is 0 Å². The molecular weight excluding hydrogens is 351 g/mol. The first-order valence-corrected chi connectivity index (χ1v) is 7.68. The van der Waals surface area contributed by atoms with E-state index in [-0.39, 0.29) is 0 Å². The summed E-state index contributed by atoms with van der Waals surface area (Å²) in [4.78, 5) is 19.9. The van der Waals surface area contributed by atoms with E-state index >= 15 is 0 Å². The third-order valence-corrected chi connectivity index (χ3v) is 4.10. The first-order valence-electron chi connectivity index (χ1n) is 6.92. The summed E-state index contributed by atoms with van der Waals surface area (Å²) < 4.78 is 10.8. The van der Waals surface area contributed by atoms with Gasteiger partial charge in [0.25, 0.3) is 0 Å². The Morgan fingerprint density at radius 3 is 2.54 bits per heavy atom. The lowest BCUT2D eigenvalue weighted by atomic mass is 10.2. The molecule has 0 aliphatic rings. The molecule has 2 heterocycles. The number of nitrogens with zero attached hydrogens (tertiary/aromatic N) is 2. The zero-order valence-electron chi connectivity index (χ0n) is 12.0. The summed E-state index contributed by atoms with van der Waals surface area (Å²) in [6.45, 7) is 0. The van der Waals surface area contributed by atoms with Crippen LogP contribution in [0.4, 0.5) is 0 Å². The Hall–Kier alpha value is -2.63. The molecule has 2 aromatic heterocycles. The highest BCUT2D eigenvalue weighted by Gasteiger charge is 2.07. The molecule has 24 heavy (non-hydrogen) atoms. The van der Waals surface area contributed by atoms with Gasteiger partial charge in [0.2, 0.25) is 5.88 Å². The van der Waals surface area contributed by atoms with E-state index in [1.807, 2.05) is 0 Å². The van der Waals surface area contributed by atoms with Gasteiger partial charge in [0.1, 0.15) is 11.3 Å².